The van der Waals surface area contributed by atoms with Gasteiger partial charge in [0.05, 0.1) is 11.7 Å². The van der Waals surface area contributed by atoms with Gasteiger partial charge in [-0.2, -0.15) is 0 Å². The summed E-state index contributed by atoms with van der Waals surface area (Å²) in [5.74, 6) is 0.811. The summed E-state index contributed by atoms with van der Waals surface area (Å²) in [5, 5.41) is 3.01. The quantitative estimate of drug-likeness (QED) is 0.879. The van der Waals surface area contributed by atoms with Crippen molar-refractivity contribution >= 4 is 11.7 Å². The minimum Gasteiger partial charge on any atom is -0.455 e. The molecular formula is C20H29NO4. The molecule has 1 saturated heterocycles. The molecule has 25 heavy (non-hydrogen) atoms. The monoisotopic (exact) mass is 347 g/mol. The van der Waals surface area contributed by atoms with Gasteiger partial charge in [-0.05, 0) is 44.9 Å². The van der Waals surface area contributed by atoms with E-state index in [0.29, 0.717) is 41.6 Å². The molecule has 0 radical (unpaired) electrons. The predicted molar refractivity (Wildman–Crippen MR) is 95.0 cm³/mol. The second-order valence-electron chi connectivity index (χ2n) is 8.38. The average molecular weight is 347 g/mol. The van der Waals surface area contributed by atoms with Gasteiger partial charge in [-0.25, -0.2) is 0 Å². The van der Waals surface area contributed by atoms with Crippen LogP contribution in [0, 0.1) is 12.3 Å². The molecule has 1 aliphatic carbocycles. The Morgan fingerprint density at radius 2 is 2.12 bits per heavy atom. The maximum Gasteiger partial charge on any atom is 0.287 e. The van der Waals surface area contributed by atoms with Crippen molar-refractivity contribution in [3.63, 3.8) is 0 Å². The Kier molecular flexibility index (Phi) is 5.05. The molecule has 2 unspecified atom stereocenters. The first-order chi connectivity index (χ1) is 11.8. The fourth-order valence-electron chi connectivity index (χ4n) is 3.97. The molecule has 2 heterocycles. The van der Waals surface area contributed by atoms with Gasteiger partial charge in [-0.15, -0.1) is 0 Å². The van der Waals surface area contributed by atoms with Gasteiger partial charge in [0.25, 0.3) is 5.91 Å². The Labute approximate surface area is 149 Å². The van der Waals surface area contributed by atoms with Crippen LogP contribution in [0.2, 0.25) is 0 Å². The lowest BCUT2D eigenvalue weighted by atomic mass is 9.76. The van der Waals surface area contributed by atoms with Gasteiger partial charge in [0.2, 0.25) is 0 Å². The summed E-state index contributed by atoms with van der Waals surface area (Å²) < 4.78 is 11.5. The molecule has 0 aromatic carbocycles. The van der Waals surface area contributed by atoms with Crippen LogP contribution in [0.5, 0.6) is 0 Å². The smallest absolute Gasteiger partial charge is 0.287 e. The molecule has 5 nitrogen and oxygen atoms in total. The van der Waals surface area contributed by atoms with Crippen molar-refractivity contribution in [1.29, 1.82) is 0 Å². The third-order valence-corrected chi connectivity index (χ3v) is 5.31. The van der Waals surface area contributed by atoms with E-state index in [4.69, 9.17) is 9.15 Å². The Hall–Kier alpha value is -1.62. The number of fused-ring (bicyclic) bond motifs is 1. The lowest BCUT2D eigenvalue weighted by molar-refractivity contribution is 0.0865. The van der Waals surface area contributed by atoms with E-state index in [2.05, 4.69) is 19.2 Å². The molecule has 1 fully saturated rings. The number of Topliss-reactive ketones (excluding diaryl/α,β-unsaturated/α-hetero) is 1. The third kappa shape index (κ3) is 3.97. The summed E-state index contributed by atoms with van der Waals surface area (Å²) in [6, 6.07) is 0.0466. The van der Waals surface area contributed by atoms with Gasteiger partial charge in [0.1, 0.15) is 5.76 Å². The number of nitrogens with one attached hydrogen (secondary N) is 1. The zero-order valence-corrected chi connectivity index (χ0v) is 15.7. The number of furan rings is 1. The molecule has 138 valence electrons. The highest BCUT2D eigenvalue weighted by molar-refractivity contribution is 6.03. The highest BCUT2D eigenvalue weighted by Gasteiger charge is 2.37. The number of ether oxygens (including phenoxy) is 1. The molecule has 1 aromatic rings. The van der Waals surface area contributed by atoms with Crippen LogP contribution < -0.4 is 5.32 Å². The van der Waals surface area contributed by atoms with E-state index in [1.807, 2.05) is 13.8 Å². The van der Waals surface area contributed by atoms with Crippen molar-refractivity contribution in [2.24, 2.45) is 5.41 Å². The summed E-state index contributed by atoms with van der Waals surface area (Å²) in [6.45, 7) is 8.77. The normalized spacial score (nSPS) is 23.4. The molecular weight excluding hydrogens is 318 g/mol. The van der Waals surface area contributed by atoms with Crippen LogP contribution >= 0.6 is 0 Å². The third-order valence-electron chi connectivity index (χ3n) is 5.31. The fourth-order valence-corrected chi connectivity index (χ4v) is 3.97. The second kappa shape index (κ2) is 6.94. The average Bonchev–Trinajstić information content (AvgIpc) is 3.11. The SMILES string of the molecule is Cc1c(C(=O)NC(C)CCC2CCCO2)oc2c1C(=O)CC(C)(C)C2. The molecule has 3 rings (SSSR count). The first-order valence-corrected chi connectivity index (χ1v) is 9.35. The number of amides is 1. The largest absolute Gasteiger partial charge is 0.455 e. The molecule has 0 bridgehead atoms. The minimum atomic E-state index is -0.225. The number of carbonyl (C=O) groups is 2. The van der Waals surface area contributed by atoms with Gasteiger partial charge in [0, 0.05) is 31.1 Å². The second-order valence-corrected chi connectivity index (χ2v) is 8.38. The van der Waals surface area contributed by atoms with Crippen LogP contribution in [0.3, 0.4) is 0 Å². The first kappa shape index (κ1) is 18.2. The number of ketones is 1. The number of hydrogen-bond acceptors (Lipinski definition) is 4. The molecule has 5 heteroatoms. The van der Waals surface area contributed by atoms with Crippen LogP contribution in [0.4, 0.5) is 0 Å². The Balaban J connectivity index is 1.65. The molecule has 0 spiro atoms. The van der Waals surface area contributed by atoms with Gasteiger partial charge in [-0.3, -0.25) is 9.59 Å². The van der Waals surface area contributed by atoms with Crippen LogP contribution in [-0.2, 0) is 11.2 Å². The first-order valence-electron chi connectivity index (χ1n) is 9.35. The van der Waals surface area contributed by atoms with Crippen LogP contribution in [0.25, 0.3) is 0 Å². The van der Waals surface area contributed by atoms with Crippen molar-refractivity contribution < 1.29 is 18.7 Å². The van der Waals surface area contributed by atoms with Crippen molar-refractivity contribution in [3.05, 3.63) is 22.6 Å². The van der Waals surface area contributed by atoms with Gasteiger partial charge in [0.15, 0.2) is 11.5 Å². The highest BCUT2D eigenvalue weighted by Crippen LogP contribution is 2.38. The van der Waals surface area contributed by atoms with Crippen molar-refractivity contribution in [2.75, 3.05) is 6.61 Å². The standard InChI is InChI=1S/C20H29NO4/c1-12(7-8-14-6-5-9-24-14)21-19(23)18-13(2)17-15(22)10-20(3,4)11-16(17)25-18/h12,14H,5-11H2,1-4H3,(H,21,23). The van der Waals surface area contributed by atoms with E-state index in [1.54, 1.807) is 0 Å². The Morgan fingerprint density at radius 3 is 2.80 bits per heavy atom. The maximum absolute atomic E-state index is 12.6. The predicted octanol–water partition coefficient (Wildman–Crippen LogP) is 3.82. The van der Waals surface area contributed by atoms with Crippen molar-refractivity contribution in [2.45, 2.75) is 78.4 Å². The van der Waals surface area contributed by atoms with Crippen LogP contribution in [0.15, 0.2) is 4.42 Å². The highest BCUT2D eigenvalue weighted by atomic mass is 16.5. The van der Waals surface area contributed by atoms with E-state index >= 15 is 0 Å². The molecule has 1 aromatic heterocycles. The van der Waals surface area contributed by atoms with Crippen molar-refractivity contribution in [3.8, 4) is 0 Å². The zero-order chi connectivity index (χ0) is 18.2. The molecule has 1 amide bonds. The number of carbonyl (C=O) groups excluding carboxylic acids is 2. The minimum absolute atomic E-state index is 0.0466. The topological polar surface area (TPSA) is 68.5 Å². The number of hydrogen-bond donors (Lipinski definition) is 1. The maximum atomic E-state index is 12.6. The Bertz CT molecular complexity index is 667. The van der Waals surface area contributed by atoms with Gasteiger partial charge < -0.3 is 14.5 Å². The fraction of sp³-hybridized carbons (Fsp3) is 0.700. The van der Waals surface area contributed by atoms with Crippen molar-refractivity contribution in [1.82, 2.24) is 5.32 Å². The number of rotatable bonds is 5. The van der Waals surface area contributed by atoms with Crippen LogP contribution in [0.1, 0.15) is 85.1 Å². The zero-order valence-electron chi connectivity index (χ0n) is 15.7. The van der Waals surface area contributed by atoms with Crippen LogP contribution in [-0.4, -0.2) is 30.4 Å². The van der Waals surface area contributed by atoms with Gasteiger partial charge >= 0.3 is 0 Å². The summed E-state index contributed by atoms with van der Waals surface area (Å²) in [4.78, 5) is 25.0. The molecule has 2 aliphatic rings. The summed E-state index contributed by atoms with van der Waals surface area (Å²) in [6.07, 6.45) is 5.60. The van der Waals surface area contributed by atoms with E-state index in [9.17, 15) is 9.59 Å². The summed E-state index contributed by atoms with van der Waals surface area (Å²) in [5.41, 5.74) is 1.19. The molecule has 1 aliphatic heterocycles. The van der Waals surface area contributed by atoms with E-state index < -0.39 is 0 Å². The lowest BCUT2D eigenvalue weighted by Crippen LogP contribution is -2.33. The molecule has 1 N–H and O–H groups in total. The Morgan fingerprint density at radius 1 is 1.36 bits per heavy atom. The van der Waals surface area contributed by atoms with E-state index in [-0.39, 0.29) is 23.1 Å². The molecule has 0 saturated carbocycles. The lowest BCUT2D eigenvalue weighted by Gasteiger charge is -2.27. The molecule has 2 atom stereocenters. The van der Waals surface area contributed by atoms with Gasteiger partial charge in [-0.1, -0.05) is 13.8 Å². The van der Waals surface area contributed by atoms with E-state index in [0.717, 1.165) is 32.3 Å². The summed E-state index contributed by atoms with van der Waals surface area (Å²) >= 11 is 0. The summed E-state index contributed by atoms with van der Waals surface area (Å²) in [7, 11) is 0. The van der Waals surface area contributed by atoms with E-state index in [1.165, 1.54) is 0 Å².